The van der Waals surface area contributed by atoms with Gasteiger partial charge in [-0.3, -0.25) is 4.79 Å². The van der Waals surface area contributed by atoms with Crippen LogP contribution >= 0.6 is 15.9 Å². The van der Waals surface area contributed by atoms with Gasteiger partial charge in [0.15, 0.2) is 0 Å². The molecule has 0 aromatic carbocycles. The van der Waals surface area contributed by atoms with Crippen LogP contribution in [-0.4, -0.2) is 17.4 Å². The third-order valence-electron chi connectivity index (χ3n) is 3.56. The lowest BCUT2D eigenvalue weighted by molar-refractivity contribution is 0.0935. The molecule has 2 unspecified atom stereocenters. The number of carbonyl (C=O) groups is 1. The van der Waals surface area contributed by atoms with Gasteiger partial charge in [-0.05, 0) is 52.7 Å². The number of hydrogen-bond acceptors (Lipinski definition) is 2. The van der Waals surface area contributed by atoms with E-state index in [1.54, 1.807) is 12.3 Å². The van der Waals surface area contributed by atoms with E-state index in [1.165, 1.54) is 25.7 Å². The Morgan fingerprint density at radius 1 is 1.50 bits per heavy atom. The molecule has 1 N–H and O–H groups in total. The zero-order chi connectivity index (χ0) is 13.0. The van der Waals surface area contributed by atoms with Crippen LogP contribution in [-0.2, 0) is 0 Å². The van der Waals surface area contributed by atoms with Gasteiger partial charge in [0, 0.05) is 17.2 Å². The predicted octanol–water partition coefficient (Wildman–Crippen LogP) is 3.40. The Labute approximate surface area is 117 Å². The van der Waals surface area contributed by atoms with Crippen LogP contribution in [0.3, 0.4) is 0 Å². The van der Waals surface area contributed by atoms with Gasteiger partial charge in [-0.2, -0.15) is 0 Å². The summed E-state index contributed by atoms with van der Waals surface area (Å²) < 4.78 is 0.889. The average molecular weight is 311 g/mol. The number of carbonyl (C=O) groups excluding carboxylic acids is 1. The first-order valence-electron chi connectivity index (χ1n) is 6.55. The van der Waals surface area contributed by atoms with E-state index in [2.05, 4.69) is 33.2 Å². The number of pyridine rings is 1. The number of nitrogens with one attached hydrogen (secondary N) is 1. The lowest BCUT2D eigenvalue weighted by Crippen LogP contribution is -2.31. The number of aromatic nitrogens is 1. The van der Waals surface area contributed by atoms with Crippen LogP contribution in [0.4, 0.5) is 0 Å². The summed E-state index contributed by atoms with van der Waals surface area (Å²) in [5, 5.41) is 2.99. The maximum atomic E-state index is 11.9. The van der Waals surface area contributed by atoms with E-state index in [-0.39, 0.29) is 5.91 Å². The summed E-state index contributed by atoms with van der Waals surface area (Å²) in [5.41, 5.74) is 0.488. The SMILES string of the molecule is CC1CCCC(CNC(=O)c2ccc(Br)cn2)C1. The van der Waals surface area contributed by atoms with Crippen LogP contribution in [0.2, 0.25) is 0 Å². The van der Waals surface area contributed by atoms with Gasteiger partial charge in [-0.1, -0.05) is 19.8 Å². The molecule has 1 aliphatic rings. The Bertz CT molecular complexity index is 405. The van der Waals surface area contributed by atoms with Crippen molar-refractivity contribution in [2.45, 2.75) is 32.6 Å². The van der Waals surface area contributed by atoms with Crippen molar-refractivity contribution >= 4 is 21.8 Å². The summed E-state index contributed by atoms with van der Waals surface area (Å²) in [6.45, 7) is 3.07. The van der Waals surface area contributed by atoms with Crippen molar-refractivity contribution in [1.29, 1.82) is 0 Å². The Morgan fingerprint density at radius 2 is 2.33 bits per heavy atom. The molecule has 98 valence electrons. The molecule has 1 amide bonds. The minimum Gasteiger partial charge on any atom is -0.350 e. The first kappa shape index (κ1) is 13.5. The molecule has 0 radical (unpaired) electrons. The number of halogens is 1. The minimum atomic E-state index is -0.0688. The highest BCUT2D eigenvalue weighted by atomic mass is 79.9. The highest BCUT2D eigenvalue weighted by Crippen LogP contribution is 2.27. The summed E-state index contributed by atoms with van der Waals surface area (Å²) in [7, 11) is 0. The van der Waals surface area contributed by atoms with Crippen molar-refractivity contribution in [3.8, 4) is 0 Å². The minimum absolute atomic E-state index is 0.0688. The first-order chi connectivity index (χ1) is 8.65. The van der Waals surface area contributed by atoms with E-state index in [9.17, 15) is 4.79 Å². The number of rotatable bonds is 3. The van der Waals surface area contributed by atoms with Crippen LogP contribution in [0.25, 0.3) is 0 Å². The molecular formula is C14H19BrN2O. The summed E-state index contributed by atoms with van der Waals surface area (Å²) in [6, 6.07) is 3.58. The first-order valence-corrected chi connectivity index (χ1v) is 7.34. The second kappa shape index (κ2) is 6.32. The van der Waals surface area contributed by atoms with Gasteiger partial charge >= 0.3 is 0 Å². The van der Waals surface area contributed by atoms with E-state index in [0.29, 0.717) is 11.6 Å². The average Bonchev–Trinajstić information content (AvgIpc) is 2.37. The maximum Gasteiger partial charge on any atom is 0.269 e. The third kappa shape index (κ3) is 3.80. The fraction of sp³-hybridized carbons (Fsp3) is 0.571. The molecule has 0 saturated heterocycles. The second-order valence-electron chi connectivity index (χ2n) is 5.21. The maximum absolute atomic E-state index is 11.9. The van der Waals surface area contributed by atoms with E-state index >= 15 is 0 Å². The van der Waals surface area contributed by atoms with E-state index < -0.39 is 0 Å². The molecule has 1 aliphatic carbocycles. The quantitative estimate of drug-likeness (QED) is 0.929. The molecule has 3 nitrogen and oxygen atoms in total. The molecule has 2 rings (SSSR count). The van der Waals surface area contributed by atoms with Gasteiger partial charge in [0.05, 0.1) is 0 Å². The Kier molecular flexibility index (Phi) is 4.75. The fourth-order valence-corrected chi connectivity index (χ4v) is 2.82. The summed E-state index contributed by atoms with van der Waals surface area (Å²) in [4.78, 5) is 16.0. The molecule has 1 saturated carbocycles. The zero-order valence-electron chi connectivity index (χ0n) is 10.7. The van der Waals surface area contributed by atoms with Gasteiger partial charge in [0.2, 0.25) is 0 Å². The largest absolute Gasteiger partial charge is 0.350 e. The van der Waals surface area contributed by atoms with Crippen molar-refractivity contribution < 1.29 is 4.79 Å². The van der Waals surface area contributed by atoms with Crippen molar-refractivity contribution in [1.82, 2.24) is 10.3 Å². The Morgan fingerprint density at radius 3 is 3.00 bits per heavy atom. The topological polar surface area (TPSA) is 42.0 Å². The molecule has 1 aromatic rings. The van der Waals surface area contributed by atoms with Crippen LogP contribution in [0.1, 0.15) is 43.1 Å². The highest BCUT2D eigenvalue weighted by Gasteiger charge is 2.19. The molecule has 2 atom stereocenters. The Hall–Kier alpha value is -0.900. The Balaban J connectivity index is 1.82. The van der Waals surface area contributed by atoms with Gasteiger partial charge in [-0.25, -0.2) is 4.98 Å². The van der Waals surface area contributed by atoms with Gasteiger partial charge in [-0.15, -0.1) is 0 Å². The number of nitrogens with zero attached hydrogens (tertiary/aromatic N) is 1. The summed E-state index contributed by atoms with van der Waals surface area (Å²) in [6.07, 6.45) is 6.74. The lowest BCUT2D eigenvalue weighted by atomic mass is 9.82. The molecule has 0 bridgehead atoms. The molecule has 4 heteroatoms. The molecule has 1 fully saturated rings. The highest BCUT2D eigenvalue weighted by molar-refractivity contribution is 9.10. The van der Waals surface area contributed by atoms with E-state index in [1.807, 2.05) is 6.07 Å². The molecular weight excluding hydrogens is 292 g/mol. The zero-order valence-corrected chi connectivity index (χ0v) is 12.2. The van der Waals surface area contributed by atoms with Gasteiger partial charge in [0.1, 0.15) is 5.69 Å². The monoisotopic (exact) mass is 310 g/mol. The summed E-state index contributed by atoms with van der Waals surface area (Å²) in [5.74, 6) is 1.36. The van der Waals surface area contributed by atoms with E-state index in [4.69, 9.17) is 0 Å². The lowest BCUT2D eigenvalue weighted by Gasteiger charge is -2.26. The predicted molar refractivity (Wildman–Crippen MR) is 75.4 cm³/mol. The van der Waals surface area contributed by atoms with Crippen molar-refractivity contribution in [2.75, 3.05) is 6.54 Å². The van der Waals surface area contributed by atoms with Crippen LogP contribution in [0, 0.1) is 11.8 Å². The van der Waals surface area contributed by atoms with Crippen LogP contribution in [0.5, 0.6) is 0 Å². The standard InChI is InChI=1S/C14H19BrN2O/c1-10-3-2-4-11(7-10)8-17-14(18)13-6-5-12(15)9-16-13/h5-6,9-11H,2-4,7-8H2,1H3,(H,17,18). The second-order valence-corrected chi connectivity index (χ2v) is 6.13. The van der Waals surface area contributed by atoms with Crippen molar-refractivity contribution in [3.63, 3.8) is 0 Å². The molecule has 1 heterocycles. The normalized spacial score (nSPS) is 23.7. The smallest absolute Gasteiger partial charge is 0.269 e. The molecule has 0 spiro atoms. The fourth-order valence-electron chi connectivity index (χ4n) is 2.58. The van der Waals surface area contributed by atoms with Crippen LogP contribution in [0.15, 0.2) is 22.8 Å². The van der Waals surface area contributed by atoms with Gasteiger partial charge < -0.3 is 5.32 Å². The van der Waals surface area contributed by atoms with Crippen molar-refractivity contribution in [3.05, 3.63) is 28.5 Å². The van der Waals surface area contributed by atoms with E-state index in [0.717, 1.165) is 16.9 Å². The molecule has 18 heavy (non-hydrogen) atoms. The van der Waals surface area contributed by atoms with Crippen molar-refractivity contribution in [2.24, 2.45) is 11.8 Å². The van der Waals surface area contributed by atoms with Crippen LogP contribution < -0.4 is 5.32 Å². The number of amides is 1. The summed E-state index contributed by atoms with van der Waals surface area (Å²) >= 11 is 3.31. The molecule has 0 aliphatic heterocycles. The van der Waals surface area contributed by atoms with Gasteiger partial charge in [0.25, 0.3) is 5.91 Å². The third-order valence-corrected chi connectivity index (χ3v) is 4.03. The molecule has 1 aromatic heterocycles. The number of hydrogen-bond donors (Lipinski definition) is 1.